The van der Waals surface area contributed by atoms with E-state index in [1.807, 2.05) is 53.2 Å². The molecule has 5 rings (SSSR count). The van der Waals surface area contributed by atoms with Crippen molar-refractivity contribution in [1.29, 1.82) is 0 Å². The molecule has 0 aliphatic heterocycles. The van der Waals surface area contributed by atoms with Crippen molar-refractivity contribution in [2.24, 2.45) is 5.92 Å². The molecule has 0 aliphatic carbocycles. The molecular weight excluding hydrogens is 761 g/mol. The Morgan fingerprint density at radius 3 is 1.98 bits per heavy atom. The Kier molecular flexibility index (Phi) is 19.0. The van der Waals surface area contributed by atoms with Crippen molar-refractivity contribution in [2.45, 2.75) is 182 Å². The van der Waals surface area contributed by atoms with E-state index in [9.17, 15) is 13.2 Å². The second-order valence-electron chi connectivity index (χ2n) is 17.4. The Labute approximate surface area is 353 Å². The van der Waals surface area contributed by atoms with E-state index < -0.39 is 10.0 Å². The van der Waals surface area contributed by atoms with E-state index in [4.69, 9.17) is 0 Å². The molecule has 4 heterocycles. The van der Waals surface area contributed by atoms with Gasteiger partial charge in [-0.25, -0.2) is 17.4 Å². The predicted octanol–water partition coefficient (Wildman–Crippen LogP) is 11.0. The maximum atomic E-state index is 12.8. The number of aryl methyl sites for hydroxylation is 1. The Balaban J connectivity index is 0.000000273. The summed E-state index contributed by atoms with van der Waals surface area (Å²) in [5.41, 5.74) is 4.93. The Hall–Kier alpha value is -4.20. The minimum Gasteiger partial charge on any atom is -0.346 e. The number of sulfonamides is 1. The van der Waals surface area contributed by atoms with E-state index in [-0.39, 0.29) is 29.0 Å². The van der Waals surface area contributed by atoms with Gasteiger partial charge in [0.25, 0.3) is 0 Å². The molecule has 1 amide bonds. The van der Waals surface area contributed by atoms with Crippen LogP contribution in [0.15, 0.2) is 36.4 Å². The molecule has 59 heavy (non-hydrogen) atoms. The summed E-state index contributed by atoms with van der Waals surface area (Å²) < 4.78 is 31.6. The first-order valence-electron chi connectivity index (χ1n) is 22.5. The average Bonchev–Trinajstić information content (AvgIpc) is 3.97. The van der Waals surface area contributed by atoms with E-state index in [0.717, 1.165) is 79.0 Å². The number of benzene rings is 1. The number of unbranched alkanes of at least 4 members (excludes halogenated alkanes) is 13. The third-order valence-corrected chi connectivity index (χ3v) is 12.3. The minimum atomic E-state index is -3.39. The third kappa shape index (κ3) is 15.1. The molecule has 0 spiro atoms. The molecule has 2 atom stereocenters. The number of hydrogen-bond acceptors (Lipinski definition) is 7. The summed E-state index contributed by atoms with van der Waals surface area (Å²) in [7, 11) is -3.39. The molecule has 0 bridgehead atoms. The topological polar surface area (TPSA) is 167 Å². The monoisotopic (exact) mass is 835 g/mol. The van der Waals surface area contributed by atoms with Crippen LogP contribution < -0.4 is 10.0 Å². The third-order valence-electron chi connectivity index (χ3n) is 10.9. The summed E-state index contributed by atoms with van der Waals surface area (Å²) >= 11 is 0. The fourth-order valence-electron chi connectivity index (χ4n) is 7.36. The van der Waals surface area contributed by atoms with Gasteiger partial charge < -0.3 is 5.32 Å². The van der Waals surface area contributed by atoms with Crippen LogP contribution in [0.25, 0.3) is 22.7 Å². The van der Waals surface area contributed by atoms with Gasteiger partial charge in [-0.2, -0.15) is 0 Å². The quantitative estimate of drug-likeness (QED) is 0.0424. The van der Waals surface area contributed by atoms with Crippen LogP contribution in [-0.4, -0.2) is 59.7 Å². The lowest BCUT2D eigenvalue weighted by molar-refractivity contribution is -0.126. The minimum absolute atomic E-state index is 0.0376. The van der Waals surface area contributed by atoms with Crippen molar-refractivity contribution in [3.05, 3.63) is 53.6 Å². The van der Waals surface area contributed by atoms with E-state index in [0.29, 0.717) is 17.9 Å². The average molecular weight is 835 g/mol. The summed E-state index contributed by atoms with van der Waals surface area (Å²) in [6.07, 6.45) is 20.8. The first-order valence-corrected chi connectivity index (χ1v) is 24.2. The van der Waals surface area contributed by atoms with Crippen LogP contribution in [0.4, 0.5) is 5.69 Å². The van der Waals surface area contributed by atoms with Crippen molar-refractivity contribution in [2.75, 3.05) is 10.5 Å². The summed E-state index contributed by atoms with van der Waals surface area (Å²) in [5.74, 6) is 1.80. The Morgan fingerprint density at radius 2 is 1.32 bits per heavy atom. The zero-order valence-electron chi connectivity index (χ0n) is 37.4. The largest absolute Gasteiger partial charge is 0.346 e. The number of rotatable bonds is 25. The number of carbonyl (C=O) groups excluding carboxylic acids is 1. The number of hydrogen-bond donors (Lipinski definition) is 4. The zero-order chi connectivity index (χ0) is 42.8. The van der Waals surface area contributed by atoms with Crippen LogP contribution >= 0.6 is 0 Å². The van der Waals surface area contributed by atoms with Gasteiger partial charge in [-0.15, -0.1) is 20.4 Å². The van der Waals surface area contributed by atoms with Crippen molar-refractivity contribution < 1.29 is 13.2 Å². The van der Waals surface area contributed by atoms with Gasteiger partial charge in [-0.3, -0.25) is 19.7 Å². The van der Waals surface area contributed by atoms with Crippen molar-refractivity contribution >= 4 is 32.9 Å². The maximum absolute atomic E-state index is 12.8. The highest BCUT2D eigenvalue weighted by Crippen LogP contribution is 2.27. The highest BCUT2D eigenvalue weighted by molar-refractivity contribution is 7.92. The second kappa shape index (κ2) is 23.6. The van der Waals surface area contributed by atoms with E-state index in [2.05, 4.69) is 82.2 Å². The Bertz CT molecular complexity index is 2090. The first-order chi connectivity index (χ1) is 28.3. The number of nitrogens with one attached hydrogen (secondary N) is 4. The smallest absolute Gasteiger partial charge is 0.232 e. The molecule has 328 valence electrons. The van der Waals surface area contributed by atoms with Gasteiger partial charge in [-0.1, -0.05) is 150 Å². The van der Waals surface area contributed by atoms with E-state index in [1.54, 1.807) is 6.07 Å². The number of aromatic amines is 2. The number of nitrogens with zero attached hydrogens (tertiary/aromatic N) is 6. The molecular formula is C45H74N10O3S. The lowest BCUT2D eigenvalue weighted by Crippen LogP contribution is -2.33. The number of anilines is 1. The molecule has 0 saturated heterocycles. The van der Waals surface area contributed by atoms with E-state index in [1.165, 1.54) is 64.2 Å². The fraction of sp³-hybridized carbons (Fsp3) is 0.667. The second-order valence-corrected chi connectivity index (χ2v) is 19.3. The van der Waals surface area contributed by atoms with Crippen LogP contribution in [0.2, 0.25) is 0 Å². The van der Waals surface area contributed by atoms with Gasteiger partial charge in [-0.05, 0) is 45.2 Å². The van der Waals surface area contributed by atoms with Crippen molar-refractivity contribution in [1.82, 2.24) is 44.9 Å². The summed E-state index contributed by atoms with van der Waals surface area (Å²) in [6, 6.07) is 11.1. The van der Waals surface area contributed by atoms with Crippen molar-refractivity contribution in [3.63, 3.8) is 0 Å². The summed E-state index contributed by atoms with van der Waals surface area (Å²) in [5, 5.41) is 26.7. The highest BCUT2D eigenvalue weighted by Gasteiger charge is 2.23. The molecule has 13 nitrogen and oxygen atoms in total. The van der Waals surface area contributed by atoms with Crippen LogP contribution in [0, 0.1) is 12.8 Å². The molecule has 1 aromatic carbocycles. The highest BCUT2D eigenvalue weighted by atomic mass is 32.2. The van der Waals surface area contributed by atoms with Crippen LogP contribution in [-0.2, 0) is 20.2 Å². The molecule has 4 aromatic heterocycles. The molecule has 4 N–H and O–H groups in total. The number of carbonyl (C=O) groups is 1. The molecule has 2 unspecified atom stereocenters. The number of amides is 1. The van der Waals surface area contributed by atoms with Gasteiger partial charge in [0.15, 0.2) is 22.9 Å². The number of H-pyrrole nitrogens is 2. The standard InChI is InChI=1S/C26H41N5O2S.C19H33N5O/c1-5-6-7-8-9-10-11-12-13-14-18-34(32,33)30-22-17-15-16-21(19-22)25-28-27-24-20-23(26(2,3)4)29-31(24)25;1-5-7-9-10-12-16(11-8-6-2)19(25)20-15(4)18-22-21-17-13-14(3)23-24(17)18/h15-17,19-20,29-30H,5-14,18H2,1-4H3;13,15-16,23H,5-12H2,1-4H3,(H,20,25). The summed E-state index contributed by atoms with van der Waals surface area (Å²) in [4.78, 5) is 12.8. The molecule has 0 saturated carbocycles. The lowest BCUT2D eigenvalue weighted by Gasteiger charge is -2.19. The van der Waals surface area contributed by atoms with Gasteiger partial charge in [0.1, 0.15) is 0 Å². The lowest BCUT2D eigenvalue weighted by atomic mass is 9.93. The first kappa shape index (κ1) is 47.5. The van der Waals surface area contributed by atoms with Gasteiger partial charge in [0.05, 0.1) is 11.8 Å². The molecule has 5 aromatic rings. The normalized spacial score (nSPS) is 13.1. The van der Waals surface area contributed by atoms with E-state index >= 15 is 0 Å². The Morgan fingerprint density at radius 1 is 0.729 bits per heavy atom. The molecule has 14 heteroatoms. The van der Waals surface area contributed by atoms with Gasteiger partial charge in [0, 0.05) is 46.1 Å². The SMILES string of the molecule is CCCCCCC(CCCC)C(=O)NC(C)c1nnc2cc(C)[nH]n12.CCCCCCCCCCCCS(=O)(=O)Nc1cccc(-c2nnc3cc(C(C)(C)C)[nH]n23)c1. The van der Waals surface area contributed by atoms with Crippen LogP contribution in [0.5, 0.6) is 0 Å². The van der Waals surface area contributed by atoms with Crippen LogP contribution in [0.1, 0.15) is 187 Å². The summed E-state index contributed by atoms with van der Waals surface area (Å²) in [6.45, 7) is 17.0. The van der Waals surface area contributed by atoms with Crippen molar-refractivity contribution in [3.8, 4) is 11.4 Å². The fourth-order valence-corrected chi connectivity index (χ4v) is 8.53. The van der Waals surface area contributed by atoms with Gasteiger partial charge >= 0.3 is 0 Å². The molecule has 0 aliphatic rings. The molecule has 0 fully saturated rings. The number of fused-ring (bicyclic) bond motifs is 2. The van der Waals surface area contributed by atoms with Gasteiger partial charge in [0.2, 0.25) is 15.9 Å². The predicted molar refractivity (Wildman–Crippen MR) is 241 cm³/mol. The van der Waals surface area contributed by atoms with Crippen LogP contribution in [0.3, 0.4) is 0 Å². The molecule has 0 radical (unpaired) electrons. The maximum Gasteiger partial charge on any atom is 0.232 e. The zero-order valence-corrected chi connectivity index (χ0v) is 38.2. The number of aromatic nitrogens is 8.